The van der Waals surface area contributed by atoms with Gasteiger partial charge in [0.25, 0.3) is 0 Å². The second-order valence-electron chi connectivity index (χ2n) is 3.50. The average Bonchev–Trinajstić information content (AvgIpc) is 2.73. The smallest absolute Gasteiger partial charge is 0.172 e. The van der Waals surface area contributed by atoms with E-state index in [0.717, 1.165) is 11.5 Å². The molecule has 2 rings (SSSR count). The van der Waals surface area contributed by atoms with E-state index >= 15 is 0 Å². The maximum absolute atomic E-state index is 5.15. The fourth-order valence-corrected chi connectivity index (χ4v) is 1.49. The van der Waals surface area contributed by atoms with E-state index in [0.29, 0.717) is 11.7 Å². The molecule has 2 aromatic rings. The largest absolute Gasteiger partial charge is 0.357 e. The standard InChI is InChI=1S/C11H13N5S/c1-16-7-5-10(15-16)14-11(17)13-8-9-4-2-3-6-12-9/h2-7H,8H2,1H3,(H2,13,14,15,17). The molecule has 0 saturated carbocycles. The van der Waals surface area contributed by atoms with Gasteiger partial charge in [0.2, 0.25) is 0 Å². The van der Waals surface area contributed by atoms with Gasteiger partial charge in [-0.3, -0.25) is 9.67 Å². The van der Waals surface area contributed by atoms with Crippen LogP contribution < -0.4 is 10.6 Å². The molecule has 0 spiro atoms. The second kappa shape index (κ2) is 5.40. The normalized spacial score (nSPS) is 9.94. The summed E-state index contributed by atoms with van der Waals surface area (Å²) in [5, 5.41) is 10.8. The van der Waals surface area contributed by atoms with Crippen LogP contribution in [-0.2, 0) is 13.6 Å². The van der Waals surface area contributed by atoms with E-state index in [1.165, 1.54) is 0 Å². The van der Waals surface area contributed by atoms with Crippen molar-refractivity contribution >= 4 is 23.1 Å². The van der Waals surface area contributed by atoms with Crippen LogP contribution in [0.25, 0.3) is 0 Å². The van der Waals surface area contributed by atoms with Gasteiger partial charge < -0.3 is 10.6 Å². The first-order valence-corrected chi connectivity index (χ1v) is 5.59. The molecule has 2 N–H and O–H groups in total. The maximum Gasteiger partial charge on any atom is 0.172 e. The number of pyridine rings is 1. The number of thiocarbonyl (C=S) groups is 1. The Morgan fingerprint density at radius 1 is 1.41 bits per heavy atom. The molecule has 0 amide bonds. The molecule has 6 heteroatoms. The van der Waals surface area contributed by atoms with Crippen LogP contribution in [0.15, 0.2) is 36.7 Å². The van der Waals surface area contributed by atoms with Gasteiger partial charge in [-0.2, -0.15) is 5.10 Å². The van der Waals surface area contributed by atoms with Crippen LogP contribution in [0.2, 0.25) is 0 Å². The Morgan fingerprint density at radius 2 is 2.29 bits per heavy atom. The van der Waals surface area contributed by atoms with Crippen molar-refractivity contribution in [1.82, 2.24) is 20.1 Å². The number of rotatable bonds is 3. The SMILES string of the molecule is Cn1ccc(NC(=S)NCc2ccccn2)n1. The van der Waals surface area contributed by atoms with Crippen LogP contribution in [0.3, 0.4) is 0 Å². The van der Waals surface area contributed by atoms with Crippen LogP contribution >= 0.6 is 12.2 Å². The van der Waals surface area contributed by atoms with Crippen molar-refractivity contribution in [3.05, 3.63) is 42.4 Å². The number of hydrogen-bond acceptors (Lipinski definition) is 3. The summed E-state index contributed by atoms with van der Waals surface area (Å²) in [4.78, 5) is 4.19. The summed E-state index contributed by atoms with van der Waals surface area (Å²) >= 11 is 5.15. The lowest BCUT2D eigenvalue weighted by atomic mass is 10.3. The summed E-state index contributed by atoms with van der Waals surface area (Å²) in [5.41, 5.74) is 0.942. The summed E-state index contributed by atoms with van der Waals surface area (Å²) in [7, 11) is 1.86. The van der Waals surface area contributed by atoms with Crippen LogP contribution in [-0.4, -0.2) is 19.9 Å². The number of nitrogens with one attached hydrogen (secondary N) is 2. The molecule has 0 radical (unpaired) electrons. The Hall–Kier alpha value is -1.95. The average molecular weight is 247 g/mol. The van der Waals surface area contributed by atoms with Crippen molar-refractivity contribution in [2.75, 3.05) is 5.32 Å². The molecule has 0 fully saturated rings. The van der Waals surface area contributed by atoms with Crippen LogP contribution in [0.5, 0.6) is 0 Å². The number of aromatic nitrogens is 3. The molecule has 0 unspecified atom stereocenters. The number of aryl methyl sites for hydroxylation is 1. The van der Waals surface area contributed by atoms with Gasteiger partial charge in [-0.25, -0.2) is 0 Å². The molecule has 0 saturated heterocycles. The minimum absolute atomic E-state index is 0.536. The molecule has 0 aromatic carbocycles. The van der Waals surface area contributed by atoms with Crippen molar-refractivity contribution in [1.29, 1.82) is 0 Å². The molecular weight excluding hydrogens is 234 g/mol. The molecule has 0 aliphatic rings. The highest BCUT2D eigenvalue weighted by Crippen LogP contribution is 2.00. The zero-order valence-corrected chi connectivity index (χ0v) is 10.2. The van der Waals surface area contributed by atoms with E-state index in [4.69, 9.17) is 12.2 Å². The Bertz CT molecular complexity index is 494. The van der Waals surface area contributed by atoms with Gasteiger partial charge in [0, 0.05) is 25.5 Å². The third kappa shape index (κ3) is 3.53. The molecule has 5 nitrogen and oxygen atoms in total. The summed E-state index contributed by atoms with van der Waals surface area (Å²) in [6.07, 6.45) is 3.61. The maximum atomic E-state index is 5.15. The van der Waals surface area contributed by atoms with Crippen LogP contribution in [0.1, 0.15) is 5.69 Å². The first-order chi connectivity index (χ1) is 8.24. The number of anilines is 1. The van der Waals surface area contributed by atoms with E-state index in [9.17, 15) is 0 Å². The van der Waals surface area contributed by atoms with Gasteiger partial charge in [0.1, 0.15) is 0 Å². The topological polar surface area (TPSA) is 54.8 Å². The minimum Gasteiger partial charge on any atom is -0.357 e. The highest BCUT2D eigenvalue weighted by Gasteiger charge is 2.00. The van der Waals surface area contributed by atoms with Gasteiger partial charge in [-0.1, -0.05) is 6.07 Å². The van der Waals surface area contributed by atoms with Gasteiger partial charge in [-0.05, 0) is 24.4 Å². The predicted octanol–water partition coefficient (Wildman–Crippen LogP) is 1.30. The third-order valence-corrected chi connectivity index (χ3v) is 2.36. The lowest BCUT2D eigenvalue weighted by Crippen LogP contribution is -2.28. The van der Waals surface area contributed by atoms with E-state index in [1.54, 1.807) is 10.9 Å². The van der Waals surface area contributed by atoms with Crippen LogP contribution in [0.4, 0.5) is 5.82 Å². The molecule has 0 aliphatic carbocycles. The second-order valence-corrected chi connectivity index (χ2v) is 3.91. The van der Waals surface area contributed by atoms with Gasteiger partial charge in [0.15, 0.2) is 10.9 Å². The number of hydrogen-bond donors (Lipinski definition) is 2. The Morgan fingerprint density at radius 3 is 2.94 bits per heavy atom. The third-order valence-electron chi connectivity index (χ3n) is 2.11. The summed E-state index contributed by atoms with van der Waals surface area (Å²) < 4.78 is 1.71. The first kappa shape index (κ1) is 11.5. The van der Waals surface area contributed by atoms with Crippen molar-refractivity contribution < 1.29 is 0 Å². The van der Waals surface area contributed by atoms with Crippen molar-refractivity contribution in [2.24, 2.45) is 7.05 Å². The van der Waals surface area contributed by atoms with E-state index in [1.807, 2.05) is 37.5 Å². The fraction of sp³-hybridized carbons (Fsp3) is 0.182. The minimum atomic E-state index is 0.536. The Labute approximate surface area is 105 Å². The molecule has 0 bridgehead atoms. The zero-order valence-electron chi connectivity index (χ0n) is 9.42. The first-order valence-electron chi connectivity index (χ1n) is 5.18. The molecule has 2 heterocycles. The molecule has 88 valence electrons. The summed E-state index contributed by atoms with van der Waals surface area (Å²) in [5.74, 6) is 0.728. The monoisotopic (exact) mass is 247 g/mol. The van der Waals surface area contributed by atoms with Gasteiger partial charge >= 0.3 is 0 Å². The van der Waals surface area contributed by atoms with Crippen LogP contribution in [0, 0.1) is 0 Å². The molecule has 0 aliphatic heterocycles. The van der Waals surface area contributed by atoms with Gasteiger partial charge in [0.05, 0.1) is 12.2 Å². The molecule has 0 atom stereocenters. The van der Waals surface area contributed by atoms with Crippen molar-refractivity contribution in [3.63, 3.8) is 0 Å². The van der Waals surface area contributed by atoms with E-state index in [2.05, 4.69) is 20.7 Å². The Kier molecular flexibility index (Phi) is 3.66. The molecule has 17 heavy (non-hydrogen) atoms. The summed E-state index contributed by atoms with van der Waals surface area (Å²) in [6, 6.07) is 7.62. The van der Waals surface area contributed by atoms with Crippen molar-refractivity contribution in [3.8, 4) is 0 Å². The Balaban J connectivity index is 1.82. The lowest BCUT2D eigenvalue weighted by Gasteiger charge is -2.07. The highest BCUT2D eigenvalue weighted by molar-refractivity contribution is 7.80. The fourth-order valence-electron chi connectivity index (χ4n) is 1.32. The van der Waals surface area contributed by atoms with Crippen molar-refractivity contribution in [2.45, 2.75) is 6.54 Å². The molecular formula is C11H13N5S. The quantitative estimate of drug-likeness (QED) is 0.801. The molecule has 2 aromatic heterocycles. The lowest BCUT2D eigenvalue weighted by molar-refractivity contribution is 0.771. The summed E-state index contributed by atoms with van der Waals surface area (Å²) in [6.45, 7) is 0.597. The zero-order chi connectivity index (χ0) is 12.1. The van der Waals surface area contributed by atoms with E-state index in [-0.39, 0.29) is 0 Å². The highest BCUT2D eigenvalue weighted by atomic mass is 32.1. The predicted molar refractivity (Wildman–Crippen MR) is 70.5 cm³/mol. The van der Waals surface area contributed by atoms with E-state index < -0.39 is 0 Å². The van der Waals surface area contributed by atoms with Gasteiger partial charge in [-0.15, -0.1) is 0 Å². The number of nitrogens with zero attached hydrogens (tertiary/aromatic N) is 3.